The average molecular weight is 242 g/mol. The van der Waals surface area contributed by atoms with E-state index in [-0.39, 0.29) is 5.54 Å². The molecule has 4 heteroatoms. The van der Waals surface area contributed by atoms with Gasteiger partial charge in [0.1, 0.15) is 0 Å². The summed E-state index contributed by atoms with van der Waals surface area (Å²) in [7, 11) is 1.74. The predicted octanol–water partition coefficient (Wildman–Crippen LogP) is 2.70. The highest BCUT2D eigenvalue weighted by Crippen LogP contribution is 2.18. The maximum absolute atomic E-state index is 5.15. The Hall–Kier alpha value is -0.450. The second kappa shape index (κ2) is 5.75. The van der Waals surface area contributed by atoms with Crippen molar-refractivity contribution in [2.45, 2.75) is 39.8 Å². The molecule has 16 heavy (non-hydrogen) atoms. The molecule has 3 nitrogen and oxygen atoms in total. The molecule has 0 aliphatic rings. The van der Waals surface area contributed by atoms with Gasteiger partial charge in [-0.05, 0) is 27.7 Å². The highest BCUT2D eigenvalue weighted by molar-refractivity contribution is 7.09. The first-order chi connectivity index (χ1) is 7.43. The van der Waals surface area contributed by atoms with Crippen LogP contribution in [0, 0.1) is 6.92 Å². The monoisotopic (exact) mass is 242 g/mol. The van der Waals surface area contributed by atoms with Crippen LogP contribution >= 0.6 is 11.3 Å². The number of methoxy groups -OCH3 is 1. The zero-order valence-electron chi connectivity index (χ0n) is 10.9. The van der Waals surface area contributed by atoms with Crippen molar-refractivity contribution < 1.29 is 4.74 Å². The summed E-state index contributed by atoms with van der Waals surface area (Å²) < 4.78 is 5.15. The molecular formula is C12H22N2OS. The summed E-state index contributed by atoms with van der Waals surface area (Å²) in [5.74, 6) is 0. The third-order valence-electron chi connectivity index (χ3n) is 2.53. The molecule has 0 N–H and O–H groups in total. The summed E-state index contributed by atoms with van der Waals surface area (Å²) in [5.41, 5.74) is 1.31. The highest BCUT2D eigenvalue weighted by Gasteiger charge is 2.21. The summed E-state index contributed by atoms with van der Waals surface area (Å²) in [6.07, 6.45) is 0. The smallest absolute Gasteiger partial charge is 0.0897 e. The predicted molar refractivity (Wildman–Crippen MR) is 68.9 cm³/mol. The van der Waals surface area contributed by atoms with Crippen LogP contribution in [0.2, 0.25) is 0 Å². The minimum absolute atomic E-state index is 0.149. The van der Waals surface area contributed by atoms with Gasteiger partial charge in [-0.1, -0.05) is 0 Å². The molecule has 0 saturated heterocycles. The minimum atomic E-state index is 0.149. The number of aromatic nitrogens is 1. The van der Waals surface area contributed by atoms with Crippen molar-refractivity contribution in [3.05, 3.63) is 16.1 Å². The molecule has 0 aromatic carbocycles. The van der Waals surface area contributed by atoms with E-state index in [1.807, 2.05) is 6.92 Å². The molecule has 1 aromatic rings. The van der Waals surface area contributed by atoms with E-state index in [1.54, 1.807) is 18.4 Å². The lowest BCUT2D eigenvalue weighted by Gasteiger charge is -2.34. The van der Waals surface area contributed by atoms with E-state index in [2.05, 4.69) is 36.0 Å². The fraction of sp³-hybridized carbons (Fsp3) is 0.750. The minimum Gasteiger partial charge on any atom is -0.383 e. The van der Waals surface area contributed by atoms with Gasteiger partial charge in [-0.3, -0.25) is 4.90 Å². The normalized spacial score (nSPS) is 12.4. The SMILES string of the molecule is COCCN(Cc1csc(C)n1)C(C)(C)C. The van der Waals surface area contributed by atoms with Crippen molar-refractivity contribution in [1.29, 1.82) is 0 Å². The van der Waals surface area contributed by atoms with Gasteiger partial charge in [0.05, 0.1) is 17.3 Å². The van der Waals surface area contributed by atoms with Gasteiger partial charge in [0.15, 0.2) is 0 Å². The van der Waals surface area contributed by atoms with Crippen LogP contribution in [0.25, 0.3) is 0 Å². The quantitative estimate of drug-likeness (QED) is 0.794. The maximum Gasteiger partial charge on any atom is 0.0897 e. The Morgan fingerprint density at radius 3 is 2.56 bits per heavy atom. The molecule has 0 aliphatic carbocycles. The summed E-state index contributed by atoms with van der Waals surface area (Å²) >= 11 is 1.71. The van der Waals surface area contributed by atoms with Gasteiger partial charge in [-0.25, -0.2) is 4.98 Å². The number of hydrogen-bond donors (Lipinski definition) is 0. The Balaban J connectivity index is 2.63. The van der Waals surface area contributed by atoms with Crippen molar-refractivity contribution in [3.63, 3.8) is 0 Å². The molecule has 92 valence electrons. The third-order valence-corrected chi connectivity index (χ3v) is 3.36. The van der Waals surface area contributed by atoms with Crippen LogP contribution < -0.4 is 0 Å². The highest BCUT2D eigenvalue weighted by atomic mass is 32.1. The maximum atomic E-state index is 5.15. The molecular weight excluding hydrogens is 220 g/mol. The summed E-state index contributed by atoms with van der Waals surface area (Å²) in [6.45, 7) is 11.3. The standard InChI is InChI=1S/C12H22N2OS/c1-10-13-11(9-16-10)8-14(6-7-15-5)12(2,3)4/h9H,6-8H2,1-5H3. The Labute approximate surface area is 102 Å². The van der Waals surface area contributed by atoms with Gasteiger partial charge in [-0.15, -0.1) is 11.3 Å². The van der Waals surface area contributed by atoms with Gasteiger partial charge in [0.2, 0.25) is 0 Å². The molecule has 1 heterocycles. The Morgan fingerprint density at radius 2 is 2.12 bits per heavy atom. The first-order valence-electron chi connectivity index (χ1n) is 5.58. The van der Waals surface area contributed by atoms with Crippen molar-refractivity contribution in [2.75, 3.05) is 20.3 Å². The Kier molecular flexibility index (Phi) is 4.89. The lowest BCUT2D eigenvalue weighted by molar-refractivity contribution is 0.0797. The molecule has 0 unspecified atom stereocenters. The van der Waals surface area contributed by atoms with E-state index in [1.165, 1.54) is 0 Å². The number of aryl methyl sites for hydroxylation is 1. The van der Waals surface area contributed by atoms with E-state index < -0.39 is 0 Å². The average Bonchev–Trinajstić information content (AvgIpc) is 2.57. The zero-order chi connectivity index (χ0) is 12.2. The van der Waals surface area contributed by atoms with E-state index in [9.17, 15) is 0 Å². The van der Waals surface area contributed by atoms with E-state index >= 15 is 0 Å². The van der Waals surface area contributed by atoms with Crippen molar-refractivity contribution in [3.8, 4) is 0 Å². The summed E-state index contributed by atoms with van der Waals surface area (Å²) in [6, 6.07) is 0. The lowest BCUT2D eigenvalue weighted by atomic mass is 10.1. The first kappa shape index (κ1) is 13.6. The van der Waals surface area contributed by atoms with Crippen molar-refractivity contribution in [2.24, 2.45) is 0 Å². The van der Waals surface area contributed by atoms with E-state index in [0.29, 0.717) is 0 Å². The van der Waals surface area contributed by atoms with Crippen molar-refractivity contribution >= 4 is 11.3 Å². The second-order valence-corrected chi connectivity index (χ2v) is 6.01. The Morgan fingerprint density at radius 1 is 1.44 bits per heavy atom. The van der Waals surface area contributed by atoms with Crippen molar-refractivity contribution in [1.82, 2.24) is 9.88 Å². The first-order valence-corrected chi connectivity index (χ1v) is 6.46. The van der Waals surface area contributed by atoms with Gasteiger partial charge >= 0.3 is 0 Å². The largest absolute Gasteiger partial charge is 0.383 e. The number of ether oxygens (including phenoxy) is 1. The van der Waals surface area contributed by atoms with Crippen LogP contribution in [-0.2, 0) is 11.3 Å². The molecule has 1 rings (SSSR count). The van der Waals surface area contributed by atoms with E-state index in [4.69, 9.17) is 4.74 Å². The molecule has 0 spiro atoms. The summed E-state index contributed by atoms with van der Waals surface area (Å²) in [4.78, 5) is 6.90. The zero-order valence-corrected chi connectivity index (χ0v) is 11.7. The van der Waals surface area contributed by atoms with Crippen LogP contribution in [0.3, 0.4) is 0 Å². The van der Waals surface area contributed by atoms with Crippen LogP contribution in [0.15, 0.2) is 5.38 Å². The number of thiazole rings is 1. The topological polar surface area (TPSA) is 25.4 Å². The molecule has 0 amide bonds. The second-order valence-electron chi connectivity index (χ2n) is 4.94. The summed E-state index contributed by atoms with van der Waals surface area (Å²) in [5, 5.41) is 3.27. The van der Waals surface area contributed by atoms with Gasteiger partial charge in [0.25, 0.3) is 0 Å². The molecule has 0 aliphatic heterocycles. The number of nitrogens with zero attached hydrogens (tertiary/aromatic N) is 2. The van der Waals surface area contributed by atoms with Gasteiger partial charge < -0.3 is 4.74 Å². The van der Waals surface area contributed by atoms with E-state index in [0.717, 1.165) is 30.4 Å². The molecule has 0 atom stereocenters. The molecule has 1 aromatic heterocycles. The van der Waals surface area contributed by atoms with Crippen LogP contribution in [0.5, 0.6) is 0 Å². The van der Waals surface area contributed by atoms with Crippen LogP contribution in [0.1, 0.15) is 31.5 Å². The number of hydrogen-bond acceptors (Lipinski definition) is 4. The molecule has 0 bridgehead atoms. The number of rotatable bonds is 5. The molecule has 0 radical (unpaired) electrons. The molecule has 0 saturated carbocycles. The third kappa shape index (κ3) is 4.20. The molecule has 0 fully saturated rings. The van der Waals surface area contributed by atoms with Crippen LogP contribution in [0.4, 0.5) is 0 Å². The van der Waals surface area contributed by atoms with Gasteiger partial charge in [0, 0.05) is 31.1 Å². The lowest BCUT2D eigenvalue weighted by Crippen LogP contribution is -2.42. The fourth-order valence-corrected chi connectivity index (χ4v) is 2.13. The Bertz CT molecular complexity index is 317. The van der Waals surface area contributed by atoms with Gasteiger partial charge in [-0.2, -0.15) is 0 Å². The fourth-order valence-electron chi connectivity index (χ4n) is 1.53. The van der Waals surface area contributed by atoms with Crippen LogP contribution in [-0.4, -0.2) is 35.7 Å².